The van der Waals surface area contributed by atoms with Gasteiger partial charge in [-0.15, -0.1) is 0 Å². The molecule has 7 heteroatoms. The molecule has 0 radical (unpaired) electrons. The summed E-state index contributed by atoms with van der Waals surface area (Å²) in [7, 11) is 0. The molecule has 3 rings (SSSR count). The summed E-state index contributed by atoms with van der Waals surface area (Å²) in [5, 5.41) is 5.12. The van der Waals surface area contributed by atoms with Gasteiger partial charge >= 0.3 is 6.03 Å². The SMILES string of the molecule is C[C@H]1[C@@H](NC(=O)NC(=O)CN2C(=O)[C@H]3CC=CC[C@H]3C2=O)CCC[C@@H]1C. The van der Waals surface area contributed by atoms with Gasteiger partial charge in [-0.05, 0) is 31.1 Å². The van der Waals surface area contributed by atoms with E-state index in [1.165, 1.54) is 0 Å². The molecule has 26 heavy (non-hydrogen) atoms. The van der Waals surface area contributed by atoms with Crippen molar-refractivity contribution >= 4 is 23.8 Å². The number of carbonyl (C=O) groups excluding carboxylic acids is 4. The summed E-state index contributed by atoms with van der Waals surface area (Å²) in [6, 6.07) is -0.519. The molecule has 2 fully saturated rings. The molecule has 2 N–H and O–H groups in total. The summed E-state index contributed by atoms with van der Waals surface area (Å²) in [4.78, 5) is 50.0. The van der Waals surface area contributed by atoms with Gasteiger partial charge in [-0.2, -0.15) is 0 Å². The van der Waals surface area contributed by atoms with Crippen LogP contribution in [0.3, 0.4) is 0 Å². The van der Waals surface area contributed by atoms with Crippen molar-refractivity contribution in [2.45, 2.75) is 52.0 Å². The van der Waals surface area contributed by atoms with Crippen LogP contribution in [0.4, 0.5) is 4.79 Å². The highest BCUT2D eigenvalue weighted by atomic mass is 16.2. The Kier molecular flexibility index (Phi) is 5.44. The first-order valence-corrected chi connectivity index (χ1v) is 9.49. The molecule has 2 aliphatic carbocycles. The minimum absolute atomic E-state index is 0.0375. The number of nitrogens with zero attached hydrogens (tertiary/aromatic N) is 1. The molecule has 142 valence electrons. The van der Waals surface area contributed by atoms with Crippen LogP contribution in [0.25, 0.3) is 0 Å². The molecule has 1 saturated carbocycles. The Hall–Kier alpha value is -2.18. The number of rotatable bonds is 3. The Morgan fingerprint density at radius 3 is 2.31 bits per heavy atom. The summed E-state index contributed by atoms with van der Waals surface area (Å²) < 4.78 is 0. The maximum absolute atomic E-state index is 12.4. The summed E-state index contributed by atoms with van der Waals surface area (Å²) in [6.45, 7) is 3.88. The highest BCUT2D eigenvalue weighted by Gasteiger charge is 2.47. The van der Waals surface area contributed by atoms with Crippen LogP contribution in [0.2, 0.25) is 0 Å². The predicted molar refractivity (Wildman–Crippen MR) is 94.7 cm³/mol. The van der Waals surface area contributed by atoms with Crippen molar-refractivity contribution in [2.75, 3.05) is 6.54 Å². The van der Waals surface area contributed by atoms with Gasteiger partial charge in [-0.3, -0.25) is 24.6 Å². The van der Waals surface area contributed by atoms with E-state index in [1.807, 2.05) is 12.2 Å². The normalized spacial score (nSPS) is 33.8. The fourth-order valence-electron chi connectivity index (χ4n) is 4.32. The zero-order valence-electron chi connectivity index (χ0n) is 15.4. The second-order valence-corrected chi connectivity index (χ2v) is 7.81. The van der Waals surface area contributed by atoms with Gasteiger partial charge in [0.2, 0.25) is 17.7 Å². The average Bonchev–Trinajstić information content (AvgIpc) is 2.84. The number of nitrogens with one attached hydrogen (secondary N) is 2. The molecular formula is C19H27N3O4. The monoisotopic (exact) mass is 361 g/mol. The number of imide groups is 2. The van der Waals surface area contributed by atoms with E-state index in [1.54, 1.807) is 0 Å². The van der Waals surface area contributed by atoms with Crippen LogP contribution in [0.15, 0.2) is 12.2 Å². The first kappa shape index (κ1) is 18.6. The fraction of sp³-hybridized carbons (Fsp3) is 0.684. The Balaban J connectivity index is 1.51. The first-order chi connectivity index (χ1) is 12.4. The van der Waals surface area contributed by atoms with Crippen LogP contribution in [-0.4, -0.2) is 41.2 Å². The molecule has 1 heterocycles. The van der Waals surface area contributed by atoms with Crippen LogP contribution < -0.4 is 10.6 Å². The number of likely N-dealkylation sites (tertiary alicyclic amines) is 1. The van der Waals surface area contributed by atoms with Crippen molar-refractivity contribution in [3.8, 4) is 0 Å². The molecule has 0 aromatic carbocycles. The van der Waals surface area contributed by atoms with Crippen molar-refractivity contribution in [1.82, 2.24) is 15.5 Å². The standard InChI is InChI=1S/C19H27N3O4/c1-11-6-5-9-15(12(11)2)20-19(26)21-16(23)10-22-17(24)13-7-3-4-8-14(13)18(22)25/h3-4,11-15H,5-10H2,1-2H3,(H2,20,21,23,26)/t11-,12+,13-,14+,15-/m0/s1. The fourth-order valence-corrected chi connectivity index (χ4v) is 4.32. The molecule has 0 spiro atoms. The number of fused-ring (bicyclic) bond motifs is 1. The van der Waals surface area contributed by atoms with E-state index >= 15 is 0 Å². The molecule has 5 atom stereocenters. The lowest BCUT2D eigenvalue weighted by Gasteiger charge is -2.34. The van der Waals surface area contributed by atoms with Crippen LogP contribution >= 0.6 is 0 Å². The van der Waals surface area contributed by atoms with E-state index in [0.29, 0.717) is 24.7 Å². The molecule has 0 bridgehead atoms. The van der Waals surface area contributed by atoms with E-state index in [4.69, 9.17) is 0 Å². The highest BCUT2D eigenvalue weighted by molar-refractivity contribution is 6.08. The molecule has 7 nitrogen and oxygen atoms in total. The second kappa shape index (κ2) is 7.60. The zero-order chi connectivity index (χ0) is 18.8. The van der Waals surface area contributed by atoms with Crippen molar-refractivity contribution < 1.29 is 19.2 Å². The number of amides is 5. The van der Waals surface area contributed by atoms with Gasteiger partial charge < -0.3 is 5.32 Å². The smallest absolute Gasteiger partial charge is 0.321 e. The Labute approximate surface area is 153 Å². The number of allylic oxidation sites excluding steroid dienone is 2. The van der Waals surface area contributed by atoms with E-state index in [9.17, 15) is 19.2 Å². The number of urea groups is 1. The number of hydrogen-bond donors (Lipinski definition) is 2. The van der Waals surface area contributed by atoms with Gasteiger partial charge in [0.25, 0.3) is 0 Å². The molecule has 1 aliphatic heterocycles. The van der Waals surface area contributed by atoms with Crippen molar-refractivity contribution in [2.24, 2.45) is 23.7 Å². The topological polar surface area (TPSA) is 95.6 Å². The third-order valence-electron chi connectivity index (χ3n) is 6.18. The van der Waals surface area contributed by atoms with Gasteiger partial charge in [-0.25, -0.2) is 4.79 Å². The lowest BCUT2D eigenvalue weighted by Crippen LogP contribution is -2.51. The van der Waals surface area contributed by atoms with E-state index in [2.05, 4.69) is 24.5 Å². The van der Waals surface area contributed by atoms with Crippen LogP contribution in [0.5, 0.6) is 0 Å². The first-order valence-electron chi connectivity index (χ1n) is 9.49. The van der Waals surface area contributed by atoms with Gasteiger partial charge in [-0.1, -0.05) is 38.8 Å². The molecule has 3 aliphatic rings. The maximum Gasteiger partial charge on any atom is 0.321 e. The van der Waals surface area contributed by atoms with Gasteiger partial charge in [0.1, 0.15) is 6.54 Å². The highest BCUT2D eigenvalue weighted by Crippen LogP contribution is 2.34. The van der Waals surface area contributed by atoms with Crippen LogP contribution in [-0.2, 0) is 14.4 Å². The van der Waals surface area contributed by atoms with Gasteiger partial charge in [0.05, 0.1) is 11.8 Å². The number of hydrogen-bond acceptors (Lipinski definition) is 4. The second-order valence-electron chi connectivity index (χ2n) is 7.81. The van der Waals surface area contributed by atoms with Crippen LogP contribution in [0.1, 0.15) is 46.0 Å². The lowest BCUT2D eigenvalue weighted by atomic mass is 9.78. The summed E-state index contributed by atoms with van der Waals surface area (Å²) in [6.07, 6.45) is 7.96. The summed E-state index contributed by atoms with van der Waals surface area (Å²) in [5.74, 6) is -1.10. The predicted octanol–water partition coefficient (Wildman–Crippen LogP) is 1.59. The maximum atomic E-state index is 12.4. The van der Waals surface area contributed by atoms with E-state index in [-0.39, 0.29) is 29.7 Å². The zero-order valence-corrected chi connectivity index (χ0v) is 15.4. The van der Waals surface area contributed by atoms with Crippen molar-refractivity contribution in [3.63, 3.8) is 0 Å². The summed E-state index contributed by atoms with van der Waals surface area (Å²) in [5.41, 5.74) is 0. The quantitative estimate of drug-likeness (QED) is 0.589. The summed E-state index contributed by atoms with van der Waals surface area (Å²) >= 11 is 0. The van der Waals surface area contributed by atoms with E-state index in [0.717, 1.165) is 24.2 Å². The third kappa shape index (κ3) is 3.66. The molecule has 0 aromatic rings. The number of carbonyl (C=O) groups is 4. The molecule has 0 unspecified atom stereocenters. The van der Waals surface area contributed by atoms with Gasteiger partial charge in [0, 0.05) is 6.04 Å². The van der Waals surface area contributed by atoms with Crippen molar-refractivity contribution in [1.29, 1.82) is 0 Å². The minimum Gasteiger partial charge on any atom is -0.335 e. The molecule has 0 aromatic heterocycles. The minimum atomic E-state index is -0.632. The molecular weight excluding hydrogens is 334 g/mol. The average molecular weight is 361 g/mol. The Morgan fingerprint density at radius 1 is 1.08 bits per heavy atom. The van der Waals surface area contributed by atoms with Crippen molar-refractivity contribution in [3.05, 3.63) is 12.2 Å². The largest absolute Gasteiger partial charge is 0.335 e. The Bertz CT molecular complexity index is 619. The lowest BCUT2D eigenvalue weighted by molar-refractivity contribution is -0.143. The van der Waals surface area contributed by atoms with Gasteiger partial charge in [0.15, 0.2) is 0 Å². The van der Waals surface area contributed by atoms with E-state index < -0.39 is 18.5 Å². The third-order valence-corrected chi connectivity index (χ3v) is 6.18. The molecule has 1 saturated heterocycles. The van der Waals surface area contributed by atoms with Crippen LogP contribution in [0, 0.1) is 23.7 Å². The Morgan fingerprint density at radius 2 is 1.69 bits per heavy atom. The molecule has 5 amide bonds.